The molecule has 2 atom stereocenters. The molecule has 19 nitrogen and oxygen atoms in total. The minimum atomic E-state index is -0.248. The Hall–Kier alpha value is -11.1. The van der Waals surface area contributed by atoms with Crippen LogP contribution in [0.4, 0.5) is 4.39 Å². The number of nitrogens with zero attached hydrogens (tertiary/aromatic N) is 8. The van der Waals surface area contributed by atoms with Crippen molar-refractivity contribution in [1.29, 1.82) is 0 Å². The number of nitrogens with one attached hydrogen (secondary N) is 1. The van der Waals surface area contributed by atoms with E-state index in [0.29, 0.717) is 17.2 Å². The van der Waals surface area contributed by atoms with Crippen LogP contribution in [0.15, 0.2) is 207 Å². The highest BCUT2D eigenvalue weighted by atomic mass is 19.1. The molecule has 2 bridgehead atoms. The number of benzene rings is 8. The number of hydrogen-bond donors (Lipinski definition) is 1. The number of aryl methyl sites for hydroxylation is 5. The summed E-state index contributed by atoms with van der Waals surface area (Å²) in [6.07, 6.45) is 27.2. The lowest BCUT2D eigenvalue weighted by Crippen LogP contribution is -2.43. The predicted octanol–water partition coefficient (Wildman–Crippen LogP) is 21.0. The van der Waals surface area contributed by atoms with Gasteiger partial charge in [0.15, 0.2) is 23.1 Å². The number of fused-ring (bicyclic) bond motifs is 9. The molecule has 13 aromatic rings. The largest absolute Gasteiger partial charge is 0.497 e. The van der Waals surface area contributed by atoms with E-state index in [1.165, 1.54) is 90.4 Å². The van der Waals surface area contributed by atoms with Gasteiger partial charge in [0.1, 0.15) is 40.7 Å². The monoisotopic (exact) mass is 1700 g/mol. The van der Waals surface area contributed by atoms with Gasteiger partial charge in [0.25, 0.3) is 0 Å². The van der Waals surface area contributed by atoms with Gasteiger partial charge in [-0.15, -0.1) is 0 Å². The summed E-state index contributed by atoms with van der Waals surface area (Å²) in [5, 5.41) is 5.24. The van der Waals surface area contributed by atoms with E-state index in [0.717, 1.165) is 257 Å². The van der Waals surface area contributed by atoms with Crippen LogP contribution in [0.2, 0.25) is 0 Å². The van der Waals surface area contributed by atoms with Crippen LogP contribution < -0.4 is 23.7 Å². The molecule has 4 fully saturated rings. The highest BCUT2D eigenvalue weighted by Gasteiger charge is 2.40. The second-order valence-electron chi connectivity index (χ2n) is 34.8. The number of rotatable bonds is 33. The van der Waals surface area contributed by atoms with E-state index in [1.54, 1.807) is 61.3 Å². The van der Waals surface area contributed by atoms with Crippen LogP contribution in [0.1, 0.15) is 181 Å². The molecule has 5 aliphatic rings. The Morgan fingerprint density at radius 1 is 0.444 bits per heavy atom. The van der Waals surface area contributed by atoms with E-state index in [-0.39, 0.29) is 35.1 Å². The van der Waals surface area contributed by atoms with Crippen molar-refractivity contribution in [3.05, 3.63) is 257 Å². The van der Waals surface area contributed by atoms with Crippen LogP contribution >= 0.6 is 0 Å². The first kappa shape index (κ1) is 89.7. The summed E-state index contributed by atoms with van der Waals surface area (Å²) in [6.45, 7) is 21.9. The number of piperidine rings is 3. The number of halogens is 1. The van der Waals surface area contributed by atoms with E-state index in [1.807, 2.05) is 116 Å². The SMILES string of the molecule is CC(=O)c1cn(CCCN2C3CCC2CC(CCc2ccccc2)C3)c2ccccc12.CCCOC1CCN(CCCn2cc(C(C)=O)c3cccc(OC)c32)CC1.COc1ccc2[nH]c3c(c2c1)CCN(CCCn1cc(C(C)=O)c2cccc(OC)c21)C3.COc1cccc2c(C(=O)c3ccccc3)cn(CCCN3CCC(Oc4ccc(F)cc4)CC3)c12. The summed E-state index contributed by atoms with van der Waals surface area (Å²) in [6, 6.07) is 60.5. The molecule has 5 aliphatic heterocycles. The second-order valence-corrected chi connectivity index (χ2v) is 34.8. The summed E-state index contributed by atoms with van der Waals surface area (Å²) in [4.78, 5) is 63.4. The number of aromatic nitrogens is 5. The highest BCUT2D eigenvalue weighted by Crippen LogP contribution is 2.42. The number of aromatic amines is 1. The third-order valence-corrected chi connectivity index (χ3v) is 26.6. The predicted molar refractivity (Wildman–Crippen MR) is 503 cm³/mol. The van der Waals surface area contributed by atoms with Crippen LogP contribution in [0, 0.1) is 11.7 Å². The third-order valence-electron chi connectivity index (χ3n) is 26.6. The van der Waals surface area contributed by atoms with Gasteiger partial charge >= 0.3 is 0 Å². The normalized spacial score (nSPS) is 17.0. The molecule has 8 aromatic carbocycles. The van der Waals surface area contributed by atoms with Crippen LogP contribution in [-0.2, 0) is 50.3 Å². The molecule has 2 unspecified atom stereocenters. The lowest BCUT2D eigenvalue weighted by atomic mass is 9.86. The van der Waals surface area contributed by atoms with Gasteiger partial charge in [0.2, 0.25) is 0 Å². The van der Waals surface area contributed by atoms with Crippen molar-refractivity contribution in [3.63, 3.8) is 0 Å². The zero-order valence-corrected chi connectivity index (χ0v) is 75.0. The van der Waals surface area contributed by atoms with Gasteiger partial charge in [-0.1, -0.05) is 122 Å². The second kappa shape index (κ2) is 42.9. The van der Waals surface area contributed by atoms with Crippen molar-refractivity contribution in [2.75, 3.05) is 93.9 Å². The average Bonchev–Trinajstić information content (AvgIpc) is 1.67. The zero-order chi connectivity index (χ0) is 87.6. The van der Waals surface area contributed by atoms with E-state index in [4.69, 9.17) is 28.4 Å². The smallest absolute Gasteiger partial charge is 0.195 e. The van der Waals surface area contributed by atoms with Crippen molar-refractivity contribution < 1.29 is 52.0 Å². The highest BCUT2D eigenvalue weighted by molar-refractivity contribution is 6.17. The molecule has 4 saturated heterocycles. The number of likely N-dealkylation sites (tertiary alicyclic amines) is 2. The Balaban J connectivity index is 0.000000130. The first-order valence-corrected chi connectivity index (χ1v) is 45.9. The van der Waals surface area contributed by atoms with Crippen LogP contribution in [0.3, 0.4) is 0 Å². The number of carbonyl (C=O) groups excluding carboxylic acids is 4. The molecule has 10 heterocycles. The first-order valence-electron chi connectivity index (χ1n) is 45.9. The molecule has 662 valence electrons. The van der Waals surface area contributed by atoms with Gasteiger partial charge in [-0.3, -0.25) is 29.0 Å². The molecule has 0 spiro atoms. The molecular weight excluding hydrogens is 1580 g/mol. The number of para-hydroxylation sites is 4. The summed E-state index contributed by atoms with van der Waals surface area (Å²) in [5.74, 6) is 5.05. The van der Waals surface area contributed by atoms with E-state index in [9.17, 15) is 23.6 Å². The summed E-state index contributed by atoms with van der Waals surface area (Å²) >= 11 is 0. The summed E-state index contributed by atoms with van der Waals surface area (Å²) < 4.78 is 56.0. The molecule has 0 amide bonds. The minimum absolute atomic E-state index is 0.0239. The number of hydrogen-bond acceptors (Lipinski definition) is 14. The molecule has 126 heavy (non-hydrogen) atoms. The number of carbonyl (C=O) groups is 4. The fourth-order valence-electron chi connectivity index (χ4n) is 20.2. The molecule has 20 heteroatoms. The number of ketones is 4. The van der Waals surface area contributed by atoms with Crippen molar-refractivity contribution >= 4 is 77.6 Å². The quantitative estimate of drug-likeness (QED) is 0.0385. The maximum atomic E-state index is 13.3. The van der Waals surface area contributed by atoms with Gasteiger partial charge in [0.05, 0.1) is 51.1 Å². The van der Waals surface area contributed by atoms with E-state index < -0.39 is 0 Å². The molecule has 5 aromatic heterocycles. The average molecular weight is 1710 g/mol. The van der Waals surface area contributed by atoms with E-state index in [2.05, 4.69) is 117 Å². The van der Waals surface area contributed by atoms with Gasteiger partial charge in [-0.05, 0) is 220 Å². The maximum Gasteiger partial charge on any atom is 0.195 e. The van der Waals surface area contributed by atoms with Gasteiger partial charge < -0.3 is 61.5 Å². The Morgan fingerprint density at radius 3 is 1.47 bits per heavy atom. The summed E-state index contributed by atoms with van der Waals surface area (Å²) in [7, 11) is 6.75. The fraction of sp³-hybridized carbons (Fsp3) is 0.415. The lowest BCUT2D eigenvalue weighted by molar-refractivity contribution is 0.00758. The van der Waals surface area contributed by atoms with Crippen molar-refractivity contribution in [2.45, 2.75) is 187 Å². The topological polar surface area (TPSA) is 172 Å². The van der Waals surface area contributed by atoms with Crippen LogP contribution in [0.5, 0.6) is 28.7 Å². The van der Waals surface area contributed by atoms with Gasteiger partial charge in [0, 0.05) is 193 Å². The standard InChI is InChI=1S/C30H31FN2O3.C28H34N2O.C26H29N3O3.C22H32N2O3/c1-35-28-10-5-9-26-27(30(34)22-7-3-2-4-8-22)21-33(29(26)28)18-6-17-32-19-15-25(16-20-32)36-24-13-11-23(31)12-14-24;1-21(31)27-20-29(28-11-6-5-10-26(27)28)16-7-17-30-24-14-15-25(30)19-23(18-24)13-12-22-8-3-2-4-9-22;1-17(30)22-15-29(26-20(22)6-4-7-25(26)32-3)12-5-11-28-13-10-19-21-14-18(31-2)8-9-23(21)27-24(19)16-28;1-4-15-27-18-9-13-23(14-10-18)11-6-12-24-16-20(17(2)25)19-7-5-8-21(26-3)22(19)24/h2-5,7-14,21,25H,6,15-20H2,1H3;2-6,8-11,20,23-25H,7,12-19H2,1H3;4,6-9,14-15,27H,5,10-13,16H2,1-3H3;5,7-8,16,18H,4,6,9-15H2,1-3H3. The Morgan fingerprint density at radius 2 is 0.921 bits per heavy atom. The van der Waals surface area contributed by atoms with Crippen LogP contribution in [-0.4, -0.2) is 184 Å². The lowest BCUT2D eigenvalue weighted by Gasteiger charge is -2.39. The number of Topliss-reactive ketones (excluding diaryl/α,β-unsaturated/α-hetero) is 3. The Bertz CT molecular complexity index is 5800. The van der Waals surface area contributed by atoms with Crippen molar-refractivity contribution in [3.8, 4) is 28.7 Å². The molecule has 18 rings (SSSR count). The Labute approximate surface area is 741 Å². The zero-order valence-electron chi connectivity index (χ0n) is 75.0. The van der Waals surface area contributed by atoms with Crippen LogP contribution in [0.25, 0.3) is 54.5 Å². The third kappa shape index (κ3) is 21.6. The first-order chi connectivity index (χ1) is 61.5. The minimum Gasteiger partial charge on any atom is -0.497 e. The molecule has 0 saturated carbocycles. The molecule has 1 N–H and O–H groups in total. The van der Waals surface area contributed by atoms with Gasteiger partial charge in [-0.25, -0.2) is 4.39 Å². The number of methoxy groups -OCH3 is 4. The molecular formula is C106H126FN9O10. The van der Waals surface area contributed by atoms with E-state index >= 15 is 0 Å². The number of H-pyrrole nitrogens is 1. The fourth-order valence-corrected chi connectivity index (χ4v) is 20.2. The van der Waals surface area contributed by atoms with Gasteiger partial charge in [-0.2, -0.15) is 0 Å². The molecule has 0 radical (unpaired) electrons. The van der Waals surface area contributed by atoms with Crippen molar-refractivity contribution in [2.24, 2.45) is 5.92 Å². The Kier molecular flexibility index (Phi) is 30.5. The van der Waals surface area contributed by atoms with Crippen molar-refractivity contribution in [1.82, 2.24) is 42.9 Å². The summed E-state index contributed by atoms with van der Waals surface area (Å²) in [5.41, 5.74) is 13.4. The maximum absolute atomic E-state index is 13.3. The molecule has 0 aliphatic carbocycles. The number of ether oxygens (including phenoxy) is 6.